The summed E-state index contributed by atoms with van der Waals surface area (Å²) in [7, 11) is 0. The van der Waals surface area contributed by atoms with Gasteiger partial charge in [-0.3, -0.25) is 4.79 Å². The second-order valence-electron chi connectivity index (χ2n) is 7.58. The van der Waals surface area contributed by atoms with Crippen molar-refractivity contribution < 1.29 is 14.6 Å². The summed E-state index contributed by atoms with van der Waals surface area (Å²) in [6, 6.07) is 3.39. The molecule has 0 unspecified atom stereocenters. The summed E-state index contributed by atoms with van der Waals surface area (Å²) in [6.45, 7) is 7.23. The molecule has 1 amide bonds. The van der Waals surface area contributed by atoms with E-state index in [1.807, 2.05) is 26.8 Å². The molecule has 2 atom stereocenters. The van der Waals surface area contributed by atoms with Gasteiger partial charge in [-0.2, -0.15) is 0 Å². The van der Waals surface area contributed by atoms with Crippen LogP contribution in [0.3, 0.4) is 0 Å². The monoisotopic (exact) mass is 320 g/mol. The van der Waals surface area contributed by atoms with Gasteiger partial charge < -0.3 is 19.3 Å². The predicted octanol–water partition coefficient (Wildman–Crippen LogP) is 1.69. The van der Waals surface area contributed by atoms with E-state index in [0.29, 0.717) is 25.2 Å². The average Bonchev–Trinajstić information content (AvgIpc) is 2.46. The molecule has 23 heavy (non-hydrogen) atoms. The van der Waals surface area contributed by atoms with E-state index >= 15 is 0 Å². The summed E-state index contributed by atoms with van der Waals surface area (Å²) in [4.78, 5) is 26.3. The molecule has 3 heterocycles. The highest BCUT2D eigenvalue weighted by Crippen LogP contribution is 2.35. The van der Waals surface area contributed by atoms with Crippen LogP contribution in [0.15, 0.2) is 16.9 Å². The van der Waals surface area contributed by atoms with Gasteiger partial charge in [0.25, 0.3) is 5.56 Å². The van der Waals surface area contributed by atoms with Gasteiger partial charge in [-0.1, -0.05) is 0 Å². The lowest BCUT2D eigenvalue weighted by molar-refractivity contribution is 0.0101. The molecule has 2 aliphatic rings. The quantitative estimate of drug-likeness (QED) is 0.855. The van der Waals surface area contributed by atoms with Crippen LogP contribution in [-0.2, 0) is 17.9 Å². The number of hydrogen-bond donors (Lipinski definition) is 1. The SMILES string of the molecule is CC(C)(C)OC(=O)N1C[C@H]2C[C@@H](C1)c1cc(CO)cc(=O)n1C2. The van der Waals surface area contributed by atoms with Crippen LogP contribution < -0.4 is 5.56 Å². The molecular weight excluding hydrogens is 296 g/mol. The molecule has 1 aromatic rings. The summed E-state index contributed by atoms with van der Waals surface area (Å²) in [5.41, 5.74) is 0.981. The summed E-state index contributed by atoms with van der Waals surface area (Å²) < 4.78 is 7.27. The summed E-state index contributed by atoms with van der Waals surface area (Å²) in [6.07, 6.45) is 0.675. The van der Waals surface area contributed by atoms with E-state index in [9.17, 15) is 14.7 Å². The van der Waals surface area contributed by atoms with Crippen molar-refractivity contribution in [3.05, 3.63) is 33.7 Å². The van der Waals surface area contributed by atoms with Gasteiger partial charge in [-0.05, 0) is 44.7 Å². The number of aromatic nitrogens is 1. The van der Waals surface area contributed by atoms with Crippen LogP contribution in [0.5, 0.6) is 0 Å². The van der Waals surface area contributed by atoms with E-state index in [-0.39, 0.29) is 30.1 Å². The molecule has 0 aromatic carbocycles. The van der Waals surface area contributed by atoms with Gasteiger partial charge in [0.2, 0.25) is 0 Å². The zero-order valence-corrected chi connectivity index (χ0v) is 13.9. The number of aliphatic hydroxyl groups is 1. The van der Waals surface area contributed by atoms with E-state index in [4.69, 9.17) is 4.74 Å². The van der Waals surface area contributed by atoms with E-state index in [1.54, 1.807) is 9.47 Å². The molecule has 1 saturated heterocycles. The van der Waals surface area contributed by atoms with Crippen LogP contribution in [0, 0.1) is 5.92 Å². The summed E-state index contributed by atoms with van der Waals surface area (Å²) in [5, 5.41) is 9.32. The number of carbonyl (C=O) groups excluding carboxylic acids is 1. The van der Waals surface area contributed by atoms with Gasteiger partial charge in [-0.25, -0.2) is 4.79 Å². The Hall–Kier alpha value is -1.82. The number of rotatable bonds is 1. The Morgan fingerprint density at radius 2 is 2.04 bits per heavy atom. The Kier molecular flexibility index (Phi) is 3.96. The van der Waals surface area contributed by atoms with E-state index in [2.05, 4.69) is 0 Å². The zero-order valence-electron chi connectivity index (χ0n) is 13.9. The van der Waals surface area contributed by atoms with Gasteiger partial charge in [0.15, 0.2) is 0 Å². The van der Waals surface area contributed by atoms with Crippen molar-refractivity contribution in [1.82, 2.24) is 9.47 Å². The lowest BCUT2D eigenvalue weighted by atomic mass is 9.83. The smallest absolute Gasteiger partial charge is 0.410 e. The van der Waals surface area contributed by atoms with Crippen molar-refractivity contribution in [3.8, 4) is 0 Å². The highest BCUT2D eigenvalue weighted by atomic mass is 16.6. The van der Waals surface area contributed by atoms with E-state index in [0.717, 1.165) is 12.1 Å². The first kappa shape index (κ1) is 16.1. The molecule has 126 valence electrons. The first-order valence-corrected chi connectivity index (χ1v) is 8.09. The molecule has 1 aromatic heterocycles. The first-order chi connectivity index (χ1) is 10.8. The molecule has 0 spiro atoms. The third-order valence-corrected chi connectivity index (χ3v) is 4.45. The Bertz CT molecular complexity index is 674. The maximum absolute atomic E-state index is 12.3. The van der Waals surface area contributed by atoms with Crippen molar-refractivity contribution in [2.75, 3.05) is 13.1 Å². The maximum atomic E-state index is 12.3. The Morgan fingerprint density at radius 1 is 1.30 bits per heavy atom. The Labute approximate surface area is 135 Å². The second kappa shape index (κ2) is 5.67. The topological polar surface area (TPSA) is 71.8 Å². The molecule has 6 nitrogen and oxygen atoms in total. The average molecular weight is 320 g/mol. The number of fused-ring (bicyclic) bond motifs is 4. The highest BCUT2D eigenvalue weighted by molar-refractivity contribution is 5.68. The second-order valence-corrected chi connectivity index (χ2v) is 7.58. The maximum Gasteiger partial charge on any atom is 0.410 e. The van der Waals surface area contributed by atoms with Crippen molar-refractivity contribution in [2.24, 2.45) is 5.92 Å². The molecule has 0 radical (unpaired) electrons. The van der Waals surface area contributed by atoms with Crippen LogP contribution >= 0.6 is 0 Å². The van der Waals surface area contributed by atoms with Crippen molar-refractivity contribution in [3.63, 3.8) is 0 Å². The van der Waals surface area contributed by atoms with Crippen molar-refractivity contribution in [2.45, 2.75) is 51.9 Å². The van der Waals surface area contributed by atoms with E-state index in [1.165, 1.54) is 6.07 Å². The Balaban J connectivity index is 1.86. The minimum absolute atomic E-state index is 0.0630. The molecule has 0 saturated carbocycles. The molecule has 1 fully saturated rings. The number of carbonyl (C=O) groups is 1. The van der Waals surface area contributed by atoms with Crippen LogP contribution in [0.25, 0.3) is 0 Å². The highest BCUT2D eigenvalue weighted by Gasteiger charge is 2.37. The van der Waals surface area contributed by atoms with Gasteiger partial charge in [0.1, 0.15) is 5.60 Å². The van der Waals surface area contributed by atoms with Gasteiger partial charge in [-0.15, -0.1) is 0 Å². The number of aliphatic hydroxyl groups excluding tert-OH is 1. The minimum atomic E-state index is -0.511. The first-order valence-electron chi connectivity index (χ1n) is 8.09. The van der Waals surface area contributed by atoms with Gasteiger partial charge in [0.05, 0.1) is 6.61 Å². The lowest BCUT2D eigenvalue weighted by Gasteiger charge is -2.43. The zero-order chi connectivity index (χ0) is 16.8. The van der Waals surface area contributed by atoms with Crippen molar-refractivity contribution in [1.29, 1.82) is 0 Å². The molecule has 0 aliphatic carbocycles. The molecule has 1 N–H and O–H groups in total. The third-order valence-electron chi connectivity index (χ3n) is 4.45. The summed E-state index contributed by atoms with van der Waals surface area (Å²) in [5.74, 6) is 0.390. The van der Waals surface area contributed by atoms with Gasteiger partial charge in [0, 0.05) is 37.3 Å². The number of piperidine rings is 1. The van der Waals surface area contributed by atoms with Gasteiger partial charge >= 0.3 is 6.09 Å². The standard InChI is InChI=1S/C17H24N2O4/c1-17(2,3)23-16(22)18-7-12-4-13(9-18)14-5-11(10-20)6-15(21)19(14)8-12/h5-6,12-13,20H,4,7-10H2,1-3H3/t12-,13+/m1/s1. The number of ether oxygens (including phenoxy) is 1. The molecular formula is C17H24N2O4. The largest absolute Gasteiger partial charge is 0.444 e. The molecule has 2 aliphatic heterocycles. The fraction of sp³-hybridized carbons (Fsp3) is 0.647. The number of nitrogens with zero attached hydrogens (tertiary/aromatic N) is 2. The van der Waals surface area contributed by atoms with Crippen LogP contribution in [-0.4, -0.2) is 39.4 Å². The normalized spacial score (nSPS) is 23.4. The Morgan fingerprint density at radius 3 is 2.70 bits per heavy atom. The van der Waals surface area contributed by atoms with Crippen LogP contribution in [0.1, 0.15) is 44.4 Å². The summed E-state index contributed by atoms with van der Waals surface area (Å²) >= 11 is 0. The molecule has 3 rings (SSSR count). The molecule has 2 bridgehead atoms. The number of amides is 1. The minimum Gasteiger partial charge on any atom is -0.444 e. The number of pyridine rings is 1. The predicted molar refractivity (Wildman–Crippen MR) is 85.3 cm³/mol. The van der Waals surface area contributed by atoms with Crippen LogP contribution in [0.2, 0.25) is 0 Å². The lowest BCUT2D eigenvalue weighted by Crippen LogP contribution is -2.50. The number of hydrogen-bond acceptors (Lipinski definition) is 4. The fourth-order valence-corrected chi connectivity index (χ4v) is 3.58. The third kappa shape index (κ3) is 3.27. The van der Waals surface area contributed by atoms with E-state index < -0.39 is 5.60 Å². The van der Waals surface area contributed by atoms with Crippen LogP contribution in [0.4, 0.5) is 4.79 Å². The fourth-order valence-electron chi connectivity index (χ4n) is 3.58. The number of likely N-dealkylation sites (tertiary alicyclic amines) is 1. The molecule has 6 heteroatoms. The van der Waals surface area contributed by atoms with Crippen molar-refractivity contribution >= 4 is 6.09 Å².